The first-order valence-corrected chi connectivity index (χ1v) is 6.75. The first-order chi connectivity index (χ1) is 9.56. The van der Waals surface area contributed by atoms with Gasteiger partial charge in [-0.15, -0.1) is 0 Å². The summed E-state index contributed by atoms with van der Waals surface area (Å²) in [5.74, 6) is 0. The van der Waals surface area contributed by atoms with Gasteiger partial charge in [-0.05, 0) is 48.2 Å². The van der Waals surface area contributed by atoms with Crippen molar-refractivity contribution in [2.45, 2.75) is 25.3 Å². The van der Waals surface area contributed by atoms with Crippen molar-refractivity contribution in [1.29, 1.82) is 0 Å². The fourth-order valence-electron chi connectivity index (χ4n) is 2.85. The molecule has 1 aliphatic rings. The second-order valence-corrected chi connectivity index (χ2v) is 5.46. The third kappa shape index (κ3) is 1.85. The van der Waals surface area contributed by atoms with Gasteiger partial charge >= 0.3 is 0 Å². The lowest BCUT2D eigenvalue weighted by atomic mass is 9.90. The maximum Gasteiger partial charge on any atom is 0.260 e. The lowest BCUT2D eigenvalue weighted by Crippen LogP contribution is -2.43. The molecule has 3 heteroatoms. The molecule has 0 heterocycles. The molecule has 0 saturated heterocycles. The summed E-state index contributed by atoms with van der Waals surface area (Å²) in [5, 5.41) is 2.76. The van der Waals surface area contributed by atoms with E-state index in [1.807, 2.05) is 30.3 Å². The van der Waals surface area contributed by atoms with Crippen molar-refractivity contribution in [3.63, 3.8) is 0 Å². The Labute approximate surface area is 117 Å². The van der Waals surface area contributed by atoms with Crippen LogP contribution in [0.2, 0.25) is 0 Å². The maximum atomic E-state index is 13.3. The molecule has 104 valence electrons. The van der Waals surface area contributed by atoms with Crippen LogP contribution in [0, 0.1) is 0 Å². The number of alkyl halides is 2. The van der Waals surface area contributed by atoms with E-state index in [0.717, 1.165) is 17.5 Å². The maximum absolute atomic E-state index is 13.3. The summed E-state index contributed by atoms with van der Waals surface area (Å²) in [7, 11) is 1.58. The predicted octanol–water partition coefficient (Wildman–Crippen LogP) is 3.96. The molecule has 1 N–H and O–H groups in total. The Kier molecular flexibility index (Phi) is 3.09. The highest BCUT2D eigenvalue weighted by Crippen LogP contribution is 2.39. The highest BCUT2D eigenvalue weighted by atomic mass is 19.3. The topological polar surface area (TPSA) is 12.0 Å². The first kappa shape index (κ1) is 13.3. The number of hydrogen-bond donors (Lipinski definition) is 1. The summed E-state index contributed by atoms with van der Waals surface area (Å²) >= 11 is 0. The molecule has 0 fully saturated rings. The molecule has 0 spiro atoms. The summed E-state index contributed by atoms with van der Waals surface area (Å²) < 4.78 is 26.6. The highest BCUT2D eigenvalue weighted by molar-refractivity contribution is 5.77. The van der Waals surface area contributed by atoms with E-state index in [-0.39, 0.29) is 0 Å². The zero-order chi connectivity index (χ0) is 14.3. The van der Waals surface area contributed by atoms with Gasteiger partial charge in [0.15, 0.2) is 0 Å². The fourth-order valence-corrected chi connectivity index (χ4v) is 2.85. The van der Waals surface area contributed by atoms with Gasteiger partial charge in [-0.3, -0.25) is 0 Å². The molecule has 1 atom stereocenters. The number of halogens is 2. The van der Waals surface area contributed by atoms with Gasteiger partial charge in [0, 0.05) is 0 Å². The van der Waals surface area contributed by atoms with Crippen LogP contribution in [-0.4, -0.2) is 13.5 Å². The molecule has 2 aromatic carbocycles. The molecule has 3 rings (SSSR count). The summed E-state index contributed by atoms with van der Waals surface area (Å²) in [6, 6.07) is 13.9. The molecule has 1 nitrogen and oxygen atoms in total. The number of rotatable bonds is 3. The lowest BCUT2D eigenvalue weighted by molar-refractivity contribution is 0.0431. The number of benzene rings is 2. The molecule has 0 radical (unpaired) electrons. The molecule has 0 bridgehead atoms. The minimum atomic E-state index is -2.45. The molecular formula is C17H17F2N. The van der Waals surface area contributed by atoms with Crippen LogP contribution < -0.4 is 5.32 Å². The van der Waals surface area contributed by atoms with E-state index in [1.54, 1.807) is 14.0 Å². The van der Waals surface area contributed by atoms with Gasteiger partial charge in [0.1, 0.15) is 5.54 Å². The van der Waals surface area contributed by atoms with Crippen LogP contribution in [0.15, 0.2) is 42.5 Å². The SMILES string of the molecule is CNC(C)(c1ccc2c(c1)Cc1ccccc1-2)C(F)F. The van der Waals surface area contributed by atoms with Gasteiger partial charge in [-0.2, -0.15) is 0 Å². The van der Waals surface area contributed by atoms with Gasteiger partial charge in [0.05, 0.1) is 0 Å². The smallest absolute Gasteiger partial charge is 0.260 e. The molecular weight excluding hydrogens is 256 g/mol. The van der Waals surface area contributed by atoms with Gasteiger partial charge in [0.25, 0.3) is 6.43 Å². The summed E-state index contributed by atoms with van der Waals surface area (Å²) in [5.41, 5.74) is 4.12. The van der Waals surface area contributed by atoms with E-state index in [1.165, 1.54) is 11.1 Å². The second-order valence-electron chi connectivity index (χ2n) is 5.46. The Hall–Kier alpha value is -1.74. The minimum absolute atomic E-state index is 0.640. The van der Waals surface area contributed by atoms with Gasteiger partial charge in [-0.1, -0.05) is 42.5 Å². The Bertz CT molecular complexity index is 651. The molecule has 20 heavy (non-hydrogen) atoms. The zero-order valence-corrected chi connectivity index (χ0v) is 11.6. The molecule has 1 aliphatic carbocycles. The normalized spacial score (nSPS) is 15.8. The fraction of sp³-hybridized carbons (Fsp3) is 0.294. The van der Waals surface area contributed by atoms with Gasteiger partial charge < -0.3 is 5.32 Å². The molecule has 2 aromatic rings. The van der Waals surface area contributed by atoms with E-state index in [0.29, 0.717) is 5.56 Å². The average molecular weight is 273 g/mol. The Balaban J connectivity index is 2.07. The average Bonchev–Trinajstić information content (AvgIpc) is 2.83. The van der Waals surface area contributed by atoms with Crippen molar-refractivity contribution < 1.29 is 8.78 Å². The molecule has 0 aliphatic heterocycles. The van der Waals surface area contributed by atoms with E-state index in [4.69, 9.17) is 0 Å². The Morgan fingerprint density at radius 3 is 2.45 bits per heavy atom. The van der Waals surface area contributed by atoms with E-state index >= 15 is 0 Å². The monoisotopic (exact) mass is 273 g/mol. The standard InChI is InChI=1S/C17H17F2N/c1-17(20-2,16(18)19)13-7-8-15-12(10-13)9-11-5-3-4-6-14(11)15/h3-8,10,16,20H,9H2,1-2H3. The molecule has 1 unspecified atom stereocenters. The first-order valence-electron chi connectivity index (χ1n) is 6.75. The quantitative estimate of drug-likeness (QED) is 0.761. The summed E-state index contributed by atoms with van der Waals surface area (Å²) in [6.45, 7) is 1.54. The number of nitrogens with one attached hydrogen (secondary N) is 1. The predicted molar refractivity (Wildman–Crippen MR) is 77.1 cm³/mol. The summed E-state index contributed by atoms with van der Waals surface area (Å²) in [4.78, 5) is 0. The Morgan fingerprint density at radius 1 is 1.05 bits per heavy atom. The van der Waals surface area contributed by atoms with Crippen molar-refractivity contribution in [2.75, 3.05) is 7.05 Å². The van der Waals surface area contributed by atoms with Crippen molar-refractivity contribution in [3.8, 4) is 11.1 Å². The van der Waals surface area contributed by atoms with Crippen LogP contribution >= 0.6 is 0 Å². The van der Waals surface area contributed by atoms with Crippen LogP contribution in [-0.2, 0) is 12.0 Å². The van der Waals surface area contributed by atoms with Crippen LogP contribution in [0.4, 0.5) is 8.78 Å². The third-order valence-electron chi connectivity index (χ3n) is 4.35. The minimum Gasteiger partial charge on any atom is -0.306 e. The lowest BCUT2D eigenvalue weighted by Gasteiger charge is -2.29. The van der Waals surface area contributed by atoms with Crippen LogP contribution in [0.1, 0.15) is 23.6 Å². The third-order valence-corrected chi connectivity index (χ3v) is 4.35. The van der Waals surface area contributed by atoms with Crippen molar-refractivity contribution in [1.82, 2.24) is 5.32 Å². The van der Waals surface area contributed by atoms with Crippen molar-refractivity contribution in [2.24, 2.45) is 0 Å². The van der Waals surface area contributed by atoms with Crippen LogP contribution in [0.3, 0.4) is 0 Å². The van der Waals surface area contributed by atoms with Crippen molar-refractivity contribution in [3.05, 3.63) is 59.2 Å². The molecule has 0 amide bonds. The van der Waals surface area contributed by atoms with E-state index in [2.05, 4.69) is 17.4 Å². The van der Waals surface area contributed by atoms with Crippen molar-refractivity contribution >= 4 is 0 Å². The van der Waals surface area contributed by atoms with E-state index in [9.17, 15) is 8.78 Å². The van der Waals surface area contributed by atoms with Gasteiger partial charge in [0.2, 0.25) is 0 Å². The van der Waals surface area contributed by atoms with Crippen LogP contribution in [0.5, 0.6) is 0 Å². The number of hydrogen-bond acceptors (Lipinski definition) is 1. The second kappa shape index (κ2) is 4.67. The largest absolute Gasteiger partial charge is 0.306 e. The highest BCUT2D eigenvalue weighted by Gasteiger charge is 2.36. The van der Waals surface area contributed by atoms with Crippen LogP contribution in [0.25, 0.3) is 11.1 Å². The van der Waals surface area contributed by atoms with E-state index < -0.39 is 12.0 Å². The van der Waals surface area contributed by atoms with Gasteiger partial charge in [-0.25, -0.2) is 8.78 Å². The molecule has 0 saturated carbocycles. The zero-order valence-electron chi connectivity index (χ0n) is 11.6. The Morgan fingerprint density at radius 2 is 1.75 bits per heavy atom. The molecule has 0 aromatic heterocycles. The number of fused-ring (bicyclic) bond motifs is 3. The summed E-state index contributed by atoms with van der Waals surface area (Å²) in [6.07, 6.45) is -1.63.